The highest BCUT2D eigenvalue weighted by molar-refractivity contribution is 9.09. The first-order valence-corrected chi connectivity index (χ1v) is 13.8. The summed E-state index contributed by atoms with van der Waals surface area (Å²) < 4.78 is 5.97. The molecule has 27 heavy (non-hydrogen) atoms. The van der Waals surface area contributed by atoms with Gasteiger partial charge in [-0.3, -0.25) is 4.79 Å². The maximum absolute atomic E-state index is 12.8. The lowest BCUT2D eigenvalue weighted by Crippen LogP contribution is -2.36. The molecule has 150 valence electrons. The molecule has 1 amide bonds. The maximum Gasteiger partial charge on any atom is 0.256 e. The van der Waals surface area contributed by atoms with Gasteiger partial charge in [-0.15, -0.1) is 0 Å². The molecule has 0 saturated carbocycles. The summed E-state index contributed by atoms with van der Waals surface area (Å²) in [5.74, 6) is -0.0468. The van der Waals surface area contributed by atoms with Crippen LogP contribution < -0.4 is 5.32 Å². The molecule has 0 spiro atoms. The summed E-state index contributed by atoms with van der Waals surface area (Å²) in [6.45, 7) is 11.4. The highest BCUT2D eigenvalue weighted by Gasteiger charge is 2.31. The van der Waals surface area contributed by atoms with Crippen molar-refractivity contribution >= 4 is 29.9 Å². The number of nitrogens with zero attached hydrogens (tertiary/aromatic N) is 4. The zero-order valence-electron chi connectivity index (χ0n) is 16.8. The highest BCUT2D eigenvalue weighted by atomic mass is 79.9. The monoisotopic (exact) mass is 455 g/mol. The third-order valence-corrected chi connectivity index (χ3v) is 6.66. The smallest absolute Gasteiger partial charge is 0.256 e. The van der Waals surface area contributed by atoms with Crippen molar-refractivity contribution in [3.63, 3.8) is 0 Å². The summed E-state index contributed by atoms with van der Waals surface area (Å²) in [6, 6.07) is 2.83. The zero-order chi connectivity index (χ0) is 20.0. The first-order valence-electron chi connectivity index (χ1n) is 9.17. The van der Waals surface area contributed by atoms with Crippen LogP contribution in [0.4, 0.5) is 0 Å². The Morgan fingerprint density at radius 2 is 2.15 bits per heavy atom. The molecule has 1 aromatic rings. The second kappa shape index (κ2) is 9.65. The summed E-state index contributed by atoms with van der Waals surface area (Å²) in [5, 5.41) is 10.8. The number of hydrogen-bond acceptors (Lipinski definition) is 6. The quantitative estimate of drug-likeness (QED) is 0.203. The number of amides is 1. The summed E-state index contributed by atoms with van der Waals surface area (Å²) in [5.41, 5.74) is 2.65. The van der Waals surface area contributed by atoms with Crippen LogP contribution in [0.15, 0.2) is 29.9 Å². The van der Waals surface area contributed by atoms with Gasteiger partial charge in [-0.25, -0.2) is 0 Å². The standard InChI is InChI=1S/C18H30BrN5O2Si/c1-14(19)24(13-26-8-9-27(3,4)5)17-12-23(11-16(17)20-2)18(25)15-6-7-21-22-10-15/h6-7,10,14,20H,8-9,11-13H2,1-5H3. The van der Waals surface area contributed by atoms with Crippen LogP contribution in [-0.4, -0.2) is 72.4 Å². The second-order valence-corrected chi connectivity index (χ2v) is 14.8. The molecule has 0 bridgehead atoms. The molecule has 1 atom stereocenters. The molecule has 0 aromatic carbocycles. The molecule has 1 N–H and O–H groups in total. The van der Waals surface area contributed by atoms with Gasteiger partial charge in [-0.2, -0.15) is 10.2 Å². The molecule has 0 saturated heterocycles. The average Bonchev–Trinajstić information content (AvgIpc) is 3.04. The Balaban J connectivity index is 2.04. The largest absolute Gasteiger partial charge is 0.389 e. The fourth-order valence-electron chi connectivity index (χ4n) is 2.78. The van der Waals surface area contributed by atoms with E-state index in [0.717, 1.165) is 24.0 Å². The number of likely N-dealkylation sites (N-methyl/N-ethyl adjacent to an activating group) is 1. The summed E-state index contributed by atoms with van der Waals surface area (Å²) >= 11 is 3.67. The van der Waals surface area contributed by atoms with Crippen molar-refractivity contribution < 1.29 is 9.53 Å². The third kappa shape index (κ3) is 6.29. The van der Waals surface area contributed by atoms with Crippen LogP contribution in [0, 0.1) is 0 Å². The molecule has 7 nitrogen and oxygen atoms in total. The van der Waals surface area contributed by atoms with Gasteiger partial charge in [0.05, 0.1) is 47.4 Å². The van der Waals surface area contributed by atoms with Gasteiger partial charge in [-0.1, -0.05) is 35.6 Å². The molecular formula is C18H30BrN5O2Si. The Hall–Kier alpha value is -1.45. The Morgan fingerprint density at radius 3 is 2.70 bits per heavy atom. The summed E-state index contributed by atoms with van der Waals surface area (Å²) in [4.78, 5) is 16.8. The molecule has 1 unspecified atom stereocenters. The fourth-order valence-corrected chi connectivity index (χ4v) is 3.90. The SMILES string of the molecule is CNC1=C(N(COCC[Si](C)(C)C)C(C)Br)CN(C(=O)c2ccnnc2)C1. The number of ether oxygens (including phenoxy) is 1. The molecule has 0 fully saturated rings. The Bertz CT molecular complexity index is 663. The predicted molar refractivity (Wildman–Crippen MR) is 113 cm³/mol. The van der Waals surface area contributed by atoms with E-state index in [1.54, 1.807) is 6.07 Å². The van der Waals surface area contributed by atoms with E-state index in [1.807, 2.05) is 11.9 Å². The number of carbonyl (C=O) groups is 1. The minimum atomic E-state index is -1.12. The lowest BCUT2D eigenvalue weighted by atomic mass is 10.3. The lowest BCUT2D eigenvalue weighted by Gasteiger charge is -2.30. The van der Waals surface area contributed by atoms with Gasteiger partial charge in [0.15, 0.2) is 0 Å². The molecule has 2 rings (SSSR count). The lowest BCUT2D eigenvalue weighted by molar-refractivity contribution is 0.0490. The molecule has 9 heteroatoms. The van der Waals surface area contributed by atoms with Gasteiger partial charge in [0.1, 0.15) is 6.73 Å². The molecule has 0 radical (unpaired) electrons. The molecule has 0 aliphatic carbocycles. The van der Waals surface area contributed by atoms with Crippen molar-refractivity contribution in [2.45, 2.75) is 37.6 Å². The molecule has 1 aromatic heterocycles. The van der Waals surface area contributed by atoms with Gasteiger partial charge < -0.3 is 19.9 Å². The average molecular weight is 456 g/mol. The predicted octanol–water partition coefficient (Wildman–Crippen LogP) is 2.72. The number of nitrogens with one attached hydrogen (secondary N) is 1. The maximum atomic E-state index is 12.8. The van der Waals surface area contributed by atoms with Gasteiger partial charge >= 0.3 is 0 Å². The number of hydrogen-bond donors (Lipinski definition) is 1. The van der Waals surface area contributed by atoms with Crippen molar-refractivity contribution in [1.82, 2.24) is 25.3 Å². The van der Waals surface area contributed by atoms with Crippen LogP contribution in [0.25, 0.3) is 0 Å². The van der Waals surface area contributed by atoms with E-state index in [1.165, 1.54) is 12.4 Å². The van der Waals surface area contributed by atoms with Gasteiger partial charge in [0.25, 0.3) is 5.91 Å². The Kier molecular flexibility index (Phi) is 7.81. The molecule has 2 heterocycles. The van der Waals surface area contributed by atoms with Crippen LogP contribution >= 0.6 is 15.9 Å². The minimum absolute atomic E-state index is 0.0468. The van der Waals surface area contributed by atoms with E-state index in [4.69, 9.17) is 4.74 Å². The van der Waals surface area contributed by atoms with Crippen molar-refractivity contribution in [2.75, 3.05) is 33.5 Å². The van der Waals surface area contributed by atoms with E-state index in [0.29, 0.717) is 25.4 Å². The first-order chi connectivity index (χ1) is 12.7. The van der Waals surface area contributed by atoms with Gasteiger partial charge in [0.2, 0.25) is 0 Å². The normalized spacial score (nSPS) is 15.9. The Morgan fingerprint density at radius 1 is 1.41 bits per heavy atom. The van der Waals surface area contributed by atoms with E-state index in [2.05, 4.69) is 62.9 Å². The fraction of sp³-hybridized carbons (Fsp3) is 0.611. The van der Waals surface area contributed by atoms with E-state index < -0.39 is 8.07 Å². The highest BCUT2D eigenvalue weighted by Crippen LogP contribution is 2.25. The summed E-state index contributed by atoms with van der Waals surface area (Å²) in [6.07, 6.45) is 3.04. The van der Waals surface area contributed by atoms with Crippen LogP contribution in [0.5, 0.6) is 0 Å². The van der Waals surface area contributed by atoms with Crippen molar-refractivity contribution in [3.05, 3.63) is 35.4 Å². The van der Waals surface area contributed by atoms with E-state index >= 15 is 0 Å². The number of carbonyl (C=O) groups excluding carboxylic acids is 1. The van der Waals surface area contributed by atoms with Crippen LogP contribution in [0.1, 0.15) is 17.3 Å². The van der Waals surface area contributed by atoms with Gasteiger partial charge in [-0.05, 0) is 19.0 Å². The Labute approximate surface area is 171 Å². The van der Waals surface area contributed by atoms with Crippen molar-refractivity contribution in [2.24, 2.45) is 0 Å². The zero-order valence-corrected chi connectivity index (χ0v) is 19.4. The first kappa shape index (κ1) is 21.8. The number of alkyl halides is 1. The minimum Gasteiger partial charge on any atom is -0.389 e. The van der Waals surface area contributed by atoms with Crippen LogP contribution in [0.2, 0.25) is 25.7 Å². The van der Waals surface area contributed by atoms with Crippen molar-refractivity contribution in [3.8, 4) is 0 Å². The van der Waals surface area contributed by atoms with Gasteiger partial charge in [0, 0.05) is 21.7 Å². The molecular weight excluding hydrogens is 426 g/mol. The number of halogens is 1. The van der Waals surface area contributed by atoms with Crippen molar-refractivity contribution in [1.29, 1.82) is 0 Å². The number of aromatic nitrogens is 2. The second-order valence-electron chi connectivity index (χ2n) is 7.86. The van der Waals surface area contributed by atoms with Crippen LogP contribution in [0.3, 0.4) is 0 Å². The topological polar surface area (TPSA) is 70.6 Å². The molecule has 1 aliphatic rings. The third-order valence-electron chi connectivity index (χ3n) is 4.46. The van der Waals surface area contributed by atoms with E-state index in [9.17, 15) is 4.79 Å². The van der Waals surface area contributed by atoms with Crippen LogP contribution in [-0.2, 0) is 4.74 Å². The van der Waals surface area contributed by atoms with E-state index in [-0.39, 0.29) is 10.9 Å². The molecule has 1 aliphatic heterocycles. The summed E-state index contributed by atoms with van der Waals surface area (Å²) in [7, 11) is 0.774. The number of rotatable bonds is 9.